The van der Waals surface area contributed by atoms with E-state index in [1.807, 2.05) is 61.5 Å². The molecule has 3 aromatic rings. The third-order valence-corrected chi connectivity index (χ3v) is 4.20. The van der Waals surface area contributed by atoms with Gasteiger partial charge in [0.25, 0.3) is 5.56 Å². The van der Waals surface area contributed by atoms with Gasteiger partial charge in [0, 0.05) is 11.6 Å². The molecular formula is C21H21N3O3. The van der Waals surface area contributed by atoms with Gasteiger partial charge in [0.05, 0.1) is 18.8 Å². The van der Waals surface area contributed by atoms with Crippen LogP contribution < -0.4 is 15.6 Å². The second kappa shape index (κ2) is 8.31. The molecule has 0 spiro atoms. The maximum Gasteiger partial charge on any atom is 0.267 e. The summed E-state index contributed by atoms with van der Waals surface area (Å²) < 4.78 is 6.39. The molecule has 1 heterocycles. The Morgan fingerprint density at radius 3 is 2.63 bits per heavy atom. The fourth-order valence-electron chi connectivity index (χ4n) is 2.75. The van der Waals surface area contributed by atoms with Crippen LogP contribution in [0.5, 0.6) is 5.75 Å². The number of carbonyl (C=O) groups excluding carboxylic acids is 1. The second-order valence-corrected chi connectivity index (χ2v) is 6.15. The van der Waals surface area contributed by atoms with E-state index in [0.29, 0.717) is 11.4 Å². The predicted molar refractivity (Wildman–Crippen MR) is 103 cm³/mol. The monoisotopic (exact) mass is 363 g/mol. The number of nitrogens with one attached hydrogen (secondary N) is 1. The first-order chi connectivity index (χ1) is 13.1. The Kier molecular flexibility index (Phi) is 5.66. The molecule has 0 aliphatic carbocycles. The number of hydrogen-bond donors (Lipinski definition) is 1. The Morgan fingerprint density at radius 1 is 1.11 bits per heavy atom. The van der Waals surface area contributed by atoms with Gasteiger partial charge < -0.3 is 10.1 Å². The number of amides is 1. The summed E-state index contributed by atoms with van der Waals surface area (Å²) >= 11 is 0. The molecule has 3 rings (SSSR count). The highest BCUT2D eigenvalue weighted by molar-refractivity contribution is 5.76. The van der Waals surface area contributed by atoms with Crippen molar-refractivity contribution in [1.29, 1.82) is 0 Å². The Hall–Kier alpha value is -3.41. The smallest absolute Gasteiger partial charge is 0.267 e. The van der Waals surface area contributed by atoms with Crippen LogP contribution in [0.15, 0.2) is 71.5 Å². The lowest BCUT2D eigenvalue weighted by atomic mass is 10.1. The summed E-state index contributed by atoms with van der Waals surface area (Å²) in [6.45, 7) is 1.75. The molecule has 2 aromatic carbocycles. The van der Waals surface area contributed by atoms with Crippen LogP contribution in [0.1, 0.15) is 18.5 Å². The van der Waals surface area contributed by atoms with Crippen molar-refractivity contribution in [3.05, 3.63) is 82.6 Å². The van der Waals surface area contributed by atoms with E-state index in [1.54, 1.807) is 13.2 Å². The lowest BCUT2D eigenvalue weighted by Crippen LogP contribution is -2.34. The van der Waals surface area contributed by atoms with E-state index in [2.05, 4.69) is 10.4 Å². The molecule has 1 atom stereocenters. The van der Waals surface area contributed by atoms with Crippen LogP contribution >= 0.6 is 0 Å². The highest BCUT2D eigenvalue weighted by atomic mass is 16.5. The van der Waals surface area contributed by atoms with Crippen LogP contribution in [0, 0.1) is 0 Å². The summed E-state index contributed by atoms with van der Waals surface area (Å²) in [5, 5.41) is 7.22. The van der Waals surface area contributed by atoms with Crippen molar-refractivity contribution in [2.24, 2.45) is 0 Å². The highest BCUT2D eigenvalue weighted by Gasteiger charge is 2.12. The third-order valence-electron chi connectivity index (χ3n) is 4.20. The van der Waals surface area contributed by atoms with Gasteiger partial charge in [-0.2, -0.15) is 5.10 Å². The number of carbonyl (C=O) groups is 1. The number of methoxy groups -OCH3 is 1. The minimum Gasteiger partial charge on any atom is -0.497 e. The fourth-order valence-corrected chi connectivity index (χ4v) is 2.75. The fraction of sp³-hybridized carbons (Fsp3) is 0.190. The maximum atomic E-state index is 12.4. The van der Waals surface area contributed by atoms with Crippen molar-refractivity contribution >= 4 is 5.91 Å². The Bertz CT molecular complexity index is 983. The van der Waals surface area contributed by atoms with Gasteiger partial charge in [-0.05, 0) is 30.7 Å². The first-order valence-electron chi connectivity index (χ1n) is 8.64. The van der Waals surface area contributed by atoms with E-state index in [-0.39, 0.29) is 24.1 Å². The van der Waals surface area contributed by atoms with Crippen LogP contribution in [0.2, 0.25) is 0 Å². The van der Waals surface area contributed by atoms with E-state index in [1.165, 1.54) is 10.7 Å². The normalized spacial score (nSPS) is 11.6. The van der Waals surface area contributed by atoms with Gasteiger partial charge in [-0.3, -0.25) is 9.59 Å². The third kappa shape index (κ3) is 4.61. The zero-order valence-electron chi connectivity index (χ0n) is 15.3. The SMILES string of the molecule is COc1cccc(-c2ccc(=O)n(CC(=O)NC(C)c3ccccc3)n2)c1. The summed E-state index contributed by atoms with van der Waals surface area (Å²) in [7, 11) is 1.59. The average molecular weight is 363 g/mol. The van der Waals surface area contributed by atoms with E-state index < -0.39 is 0 Å². The molecular weight excluding hydrogens is 342 g/mol. The second-order valence-electron chi connectivity index (χ2n) is 6.15. The number of hydrogen-bond acceptors (Lipinski definition) is 4. The molecule has 0 fully saturated rings. The van der Waals surface area contributed by atoms with Crippen molar-refractivity contribution in [1.82, 2.24) is 15.1 Å². The summed E-state index contributed by atoms with van der Waals surface area (Å²) in [5.41, 5.74) is 2.07. The first-order valence-corrected chi connectivity index (χ1v) is 8.64. The van der Waals surface area contributed by atoms with Gasteiger partial charge >= 0.3 is 0 Å². The van der Waals surface area contributed by atoms with E-state index in [0.717, 1.165) is 11.1 Å². The topological polar surface area (TPSA) is 73.2 Å². The summed E-state index contributed by atoms with van der Waals surface area (Å²) in [6.07, 6.45) is 0. The molecule has 1 N–H and O–H groups in total. The van der Waals surface area contributed by atoms with Crippen LogP contribution in [-0.4, -0.2) is 22.8 Å². The van der Waals surface area contributed by atoms with Gasteiger partial charge in [0.15, 0.2) is 0 Å². The average Bonchev–Trinajstić information content (AvgIpc) is 2.70. The molecule has 138 valence electrons. The zero-order chi connectivity index (χ0) is 19.2. The molecule has 0 saturated heterocycles. The summed E-state index contributed by atoms with van der Waals surface area (Å²) in [6, 6.07) is 19.9. The molecule has 0 aliphatic rings. The Morgan fingerprint density at radius 2 is 1.89 bits per heavy atom. The molecule has 1 aromatic heterocycles. The van der Waals surface area contributed by atoms with Crippen LogP contribution in [0.25, 0.3) is 11.3 Å². The lowest BCUT2D eigenvalue weighted by molar-refractivity contribution is -0.122. The molecule has 27 heavy (non-hydrogen) atoms. The van der Waals surface area contributed by atoms with Crippen molar-refractivity contribution in [3.8, 4) is 17.0 Å². The van der Waals surface area contributed by atoms with Gasteiger partial charge in [0.2, 0.25) is 5.91 Å². The predicted octanol–water partition coefficient (Wildman–Crippen LogP) is 2.80. The Labute approximate surface area is 157 Å². The standard InChI is InChI=1S/C21H21N3O3/c1-15(16-7-4-3-5-8-16)22-20(25)14-24-21(26)12-11-19(23-24)17-9-6-10-18(13-17)27-2/h3-13,15H,14H2,1-2H3,(H,22,25). The van der Waals surface area contributed by atoms with Crippen molar-refractivity contribution in [3.63, 3.8) is 0 Å². The van der Waals surface area contributed by atoms with Gasteiger partial charge in [-0.25, -0.2) is 4.68 Å². The minimum absolute atomic E-state index is 0.145. The van der Waals surface area contributed by atoms with Crippen LogP contribution in [-0.2, 0) is 11.3 Å². The van der Waals surface area contributed by atoms with Gasteiger partial charge in [-0.15, -0.1) is 0 Å². The van der Waals surface area contributed by atoms with Crippen molar-refractivity contribution in [2.45, 2.75) is 19.5 Å². The number of aromatic nitrogens is 2. The highest BCUT2D eigenvalue weighted by Crippen LogP contribution is 2.21. The molecule has 0 radical (unpaired) electrons. The molecule has 0 aliphatic heterocycles. The number of benzene rings is 2. The van der Waals surface area contributed by atoms with E-state index in [9.17, 15) is 9.59 Å². The number of ether oxygens (including phenoxy) is 1. The van der Waals surface area contributed by atoms with Gasteiger partial charge in [0.1, 0.15) is 12.3 Å². The zero-order valence-corrected chi connectivity index (χ0v) is 15.3. The quantitative estimate of drug-likeness (QED) is 0.731. The summed E-state index contributed by atoms with van der Waals surface area (Å²) in [5.74, 6) is 0.422. The largest absolute Gasteiger partial charge is 0.497 e. The molecule has 6 nitrogen and oxygen atoms in total. The number of nitrogens with zero attached hydrogens (tertiary/aromatic N) is 2. The molecule has 1 amide bonds. The van der Waals surface area contributed by atoms with Crippen LogP contribution in [0.4, 0.5) is 0 Å². The van der Waals surface area contributed by atoms with E-state index in [4.69, 9.17) is 4.74 Å². The maximum absolute atomic E-state index is 12.4. The van der Waals surface area contributed by atoms with Crippen LogP contribution in [0.3, 0.4) is 0 Å². The first kappa shape index (κ1) is 18.4. The van der Waals surface area contributed by atoms with Crippen molar-refractivity contribution in [2.75, 3.05) is 7.11 Å². The Balaban J connectivity index is 1.76. The van der Waals surface area contributed by atoms with Gasteiger partial charge in [-0.1, -0.05) is 42.5 Å². The molecule has 0 bridgehead atoms. The number of rotatable bonds is 6. The molecule has 1 unspecified atom stereocenters. The van der Waals surface area contributed by atoms with Crippen molar-refractivity contribution < 1.29 is 9.53 Å². The molecule has 0 saturated carbocycles. The lowest BCUT2D eigenvalue weighted by Gasteiger charge is -2.15. The van der Waals surface area contributed by atoms with E-state index >= 15 is 0 Å². The minimum atomic E-state index is -0.329. The summed E-state index contributed by atoms with van der Waals surface area (Å²) in [4.78, 5) is 24.5. The molecule has 6 heteroatoms.